The molecule has 2 amide bonds. The quantitative estimate of drug-likeness (QED) is 0.572. The molecule has 6 nitrogen and oxygen atoms in total. The highest BCUT2D eigenvalue weighted by molar-refractivity contribution is 7.99. The number of hydrogen-bond acceptors (Lipinski definition) is 5. The normalized spacial score (nSPS) is 18.0. The Balaban J connectivity index is 2.26. The van der Waals surface area contributed by atoms with Gasteiger partial charge in [0.1, 0.15) is 6.04 Å². The van der Waals surface area contributed by atoms with Gasteiger partial charge in [0.15, 0.2) is 0 Å². The number of amides is 2. The van der Waals surface area contributed by atoms with E-state index in [1.807, 2.05) is 0 Å². The van der Waals surface area contributed by atoms with Gasteiger partial charge in [-0.15, -0.1) is 11.8 Å². The molecule has 122 valence electrons. The predicted molar refractivity (Wildman–Crippen MR) is 85.2 cm³/mol. The van der Waals surface area contributed by atoms with Crippen LogP contribution in [0, 0.1) is 0 Å². The number of rotatable bonds is 10. The molecule has 0 radical (unpaired) electrons. The fourth-order valence-electron chi connectivity index (χ4n) is 2.07. The smallest absolute Gasteiger partial charge is 0.243 e. The lowest BCUT2D eigenvalue weighted by molar-refractivity contribution is -0.138. The lowest BCUT2D eigenvalue weighted by atomic mass is 10.2. The van der Waals surface area contributed by atoms with Crippen LogP contribution in [0.4, 0.5) is 0 Å². The second kappa shape index (κ2) is 10.9. The molecule has 7 heteroatoms. The third-order valence-corrected chi connectivity index (χ3v) is 4.35. The summed E-state index contributed by atoms with van der Waals surface area (Å²) in [5, 5.41) is 6.06. The van der Waals surface area contributed by atoms with Crippen molar-refractivity contribution in [3.63, 3.8) is 0 Å². The summed E-state index contributed by atoms with van der Waals surface area (Å²) in [5.74, 6) is 1.38. The van der Waals surface area contributed by atoms with Crippen LogP contribution in [0.15, 0.2) is 0 Å². The Hall–Kier alpha value is -0.790. The summed E-state index contributed by atoms with van der Waals surface area (Å²) in [6, 6.07) is -0.307. The van der Waals surface area contributed by atoms with Crippen molar-refractivity contribution in [3.8, 4) is 0 Å². The molecule has 1 heterocycles. The standard InChI is InChI=1S/C14H27N3O3S/c1-3-4-5-13(18)17-11-21-10-12(17)14(19)16-7-6-15-8-9-20-2/h12,15H,3-11H2,1-2H3,(H,16,19). The molecule has 0 aromatic heterocycles. The van der Waals surface area contributed by atoms with Crippen molar-refractivity contribution in [2.75, 3.05) is 45.0 Å². The SMILES string of the molecule is CCCCC(=O)N1CSCC1C(=O)NCCNCCOC. The van der Waals surface area contributed by atoms with Crippen molar-refractivity contribution in [3.05, 3.63) is 0 Å². The predicted octanol–water partition coefficient (Wildman–Crippen LogP) is 0.430. The van der Waals surface area contributed by atoms with Crippen molar-refractivity contribution in [1.82, 2.24) is 15.5 Å². The third-order valence-electron chi connectivity index (χ3n) is 3.33. The van der Waals surface area contributed by atoms with Crippen LogP contribution in [0.5, 0.6) is 0 Å². The van der Waals surface area contributed by atoms with E-state index in [1.165, 1.54) is 0 Å². The second-order valence-electron chi connectivity index (χ2n) is 5.02. The van der Waals surface area contributed by atoms with Gasteiger partial charge in [0.25, 0.3) is 0 Å². The Labute approximate surface area is 131 Å². The molecule has 0 spiro atoms. The number of thioether (sulfide) groups is 1. The van der Waals surface area contributed by atoms with E-state index in [2.05, 4.69) is 17.6 Å². The number of unbranched alkanes of at least 4 members (excludes halogenated alkanes) is 1. The lowest BCUT2D eigenvalue weighted by Gasteiger charge is -2.23. The summed E-state index contributed by atoms with van der Waals surface area (Å²) in [6.07, 6.45) is 2.42. The van der Waals surface area contributed by atoms with Crippen molar-refractivity contribution in [2.24, 2.45) is 0 Å². The lowest BCUT2D eigenvalue weighted by Crippen LogP contribution is -2.48. The van der Waals surface area contributed by atoms with Crippen molar-refractivity contribution < 1.29 is 14.3 Å². The highest BCUT2D eigenvalue weighted by Crippen LogP contribution is 2.22. The first-order valence-corrected chi connectivity index (χ1v) is 8.70. The molecule has 2 N–H and O–H groups in total. The van der Waals surface area contributed by atoms with E-state index in [1.54, 1.807) is 23.8 Å². The molecular weight excluding hydrogens is 290 g/mol. The van der Waals surface area contributed by atoms with Crippen LogP contribution in [0.1, 0.15) is 26.2 Å². The monoisotopic (exact) mass is 317 g/mol. The van der Waals surface area contributed by atoms with Gasteiger partial charge in [-0.25, -0.2) is 0 Å². The van der Waals surface area contributed by atoms with Gasteiger partial charge in [-0.1, -0.05) is 13.3 Å². The largest absolute Gasteiger partial charge is 0.383 e. The molecule has 0 aliphatic carbocycles. The molecule has 1 unspecified atom stereocenters. The van der Waals surface area contributed by atoms with Gasteiger partial charge in [0.05, 0.1) is 12.5 Å². The first-order chi connectivity index (χ1) is 10.2. The minimum Gasteiger partial charge on any atom is -0.383 e. The average Bonchev–Trinajstić information content (AvgIpc) is 2.97. The Morgan fingerprint density at radius 2 is 2.14 bits per heavy atom. The minimum absolute atomic E-state index is 0.0432. The maximum absolute atomic E-state index is 12.2. The Kier molecular flexibility index (Phi) is 9.45. The summed E-state index contributed by atoms with van der Waals surface area (Å²) in [5.41, 5.74) is 0. The third kappa shape index (κ3) is 6.67. The molecule has 1 rings (SSSR count). The number of ether oxygens (including phenoxy) is 1. The number of methoxy groups -OCH3 is 1. The number of nitrogens with zero attached hydrogens (tertiary/aromatic N) is 1. The first-order valence-electron chi connectivity index (χ1n) is 7.55. The van der Waals surface area contributed by atoms with Crippen LogP contribution in [-0.4, -0.2) is 67.7 Å². The summed E-state index contributed by atoms with van der Waals surface area (Å²) in [7, 11) is 1.66. The topological polar surface area (TPSA) is 70.7 Å². The Bertz CT molecular complexity index is 329. The summed E-state index contributed by atoms with van der Waals surface area (Å²) in [6.45, 7) is 4.77. The Morgan fingerprint density at radius 3 is 2.86 bits per heavy atom. The maximum atomic E-state index is 12.2. The van der Waals surface area contributed by atoms with Gasteiger partial charge < -0.3 is 20.3 Å². The van der Waals surface area contributed by atoms with Gasteiger partial charge in [-0.3, -0.25) is 9.59 Å². The summed E-state index contributed by atoms with van der Waals surface area (Å²) in [4.78, 5) is 25.9. The van der Waals surface area contributed by atoms with E-state index in [4.69, 9.17) is 4.74 Å². The van der Waals surface area contributed by atoms with Crippen molar-refractivity contribution in [2.45, 2.75) is 32.2 Å². The molecule has 1 atom stereocenters. The van der Waals surface area contributed by atoms with Gasteiger partial charge in [0.2, 0.25) is 11.8 Å². The molecule has 0 saturated carbocycles. The summed E-state index contributed by atoms with van der Waals surface area (Å²) < 4.78 is 4.93. The van der Waals surface area contributed by atoms with Crippen LogP contribution >= 0.6 is 11.8 Å². The van der Waals surface area contributed by atoms with Crippen LogP contribution in [0.3, 0.4) is 0 Å². The van der Waals surface area contributed by atoms with E-state index in [0.29, 0.717) is 37.7 Å². The molecular formula is C14H27N3O3S. The van der Waals surface area contributed by atoms with Crippen LogP contribution in [-0.2, 0) is 14.3 Å². The van der Waals surface area contributed by atoms with E-state index in [0.717, 1.165) is 19.4 Å². The van der Waals surface area contributed by atoms with Crippen molar-refractivity contribution in [1.29, 1.82) is 0 Å². The summed E-state index contributed by atoms with van der Waals surface area (Å²) >= 11 is 1.64. The average molecular weight is 317 g/mol. The van der Waals surface area contributed by atoms with Gasteiger partial charge in [-0.2, -0.15) is 0 Å². The first kappa shape index (κ1) is 18.3. The van der Waals surface area contributed by atoms with Gasteiger partial charge in [0, 0.05) is 38.9 Å². The molecule has 1 saturated heterocycles. The van der Waals surface area contributed by atoms with Gasteiger partial charge >= 0.3 is 0 Å². The maximum Gasteiger partial charge on any atom is 0.243 e. The Morgan fingerprint density at radius 1 is 1.33 bits per heavy atom. The van der Waals surface area contributed by atoms with Crippen LogP contribution in [0.25, 0.3) is 0 Å². The molecule has 1 aliphatic heterocycles. The van der Waals surface area contributed by atoms with Gasteiger partial charge in [-0.05, 0) is 6.42 Å². The molecule has 1 aliphatic rings. The zero-order valence-electron chi connectivity index (χ0n) is 13.0. The second-order valence-corrected chi connectivity index (χ2v) is 6.02. The van der Waals surface area contributed by atoms with E-state index in [-0.39, 0.29) is 17.9 Å². The highest BCUT2D eigenvalue weighted by Gasteiger charge is 2.33. The molecule has 0 aromatic carbocycles. The van der Waals surface area contributed by atoms with E-state index in [9.17, 15) is 9.59 Å². The number of carbonyl (C=O) groups is 2. The minimum atomic E-state index is -0.307. The fraction of sp³-hybridized carbons (Fsp3) is 0.857. The number of hydrogen-bond donors (Lipinski definition) is 2. The van der Waals surface area contributed by atoms with Crippen molar-refractivity contribution >= 4 is 23.6 Å². The molecule has 0 bridgehead atoms. The number of carbonyl (C=O) groups excluding carboxylic acids is 2. The van der Waals surface area contributed by atoms with E-state index < -0.39 is 0 Å². The zero-order chi connectivity index (χ0) is 15.5. The highest BCUT2D eigenvalue weighted by atomic mass is 32.2. The van der Waals surface area contributed by atoms with E-state index >= 15 is 0 Å². The number of nitrogens with one attached hydrogen (secondary N) is 2. The van der Waals surface area contributed by atoms with Crippen LogP contribution < -0.4 is 10.6 Å². The van der Waals surface area contributed by atoms with Crippen LogP contribution in [0.2, 0.25) is 0 Å². The fourth-order valence-corrected chi connectivity index (χ4v) is 3.25. The molecule has 21 heavy (non-hydrogen) atoms. The molecule has 1 fully saturated rings. The molecule has 0 aromatic rings. The zero-order valence-corrected chi connectivity index (χ0v) is 13.8.